The van der Waals surface area contributed by atoms with E-state index in [1.165, 1.54) is 31.9 Å². The molecule has 0 atom stereocenters. The highest BCUT2D eigenvalue weighted by molar-refractivity contribution is 8.00. The van der Waals surface area contributed by atoms with Crippen LogP contribution in [0.15, 0.2) is 37.6 Å². The number of rotatable bonds is 5. The fourth-order valence-corrected chi connectivity index (χ4v) is 3.51. The monoisotopic (exact) mass is 304 g/mol. The summed E-state index contributed by atoms with van der Waals surface area (Å²) in [6.45, 7) is 0. The maximum atomic E-state index is 11.8. The average Bonchev–Trinajstić information content (AvgIpc) is 2.97. The predicted octanol–water partition coefficient (Wildman–Crippen LogP) is 2.28. The second kappa shape index (κ2) is 5.43. The Morgan fingerprint density at radius 2 is 2.22 bits per heavy atom. The molecule has 18 heavy (non-hydrogen) atoms. The summed E-state index contributed by atoms with van der Waals surface area (Å²) in [5, 5.41) is 1.87. The van der Waals surface area contributed by atoms with Crippen molar-refractivity contribution in [2.24, 2.45) is 0 Å². The van der Waals surface area contributed by atoms with Gasteiger partial charge in [-0.25, -0.2) is 17.7 Å². The van der Waals surface area contributed by atoms with Crippen LogP contribution in [-0.4, -0.2) is 31.8 Å². The van der Waals surface area contributed by atoms with Crippen LogP contribution in [0.3, 0.4) is 0 Å². The Labute approximate surface area is 114 Å². The molecule has 0 N–H and O–H groups in total. The lowest BCUT2D eigenvalue weighted by atomic mass is 10.5. The molecule has 0 bridgehead atoms. The minimum atomic E-state index is -3.48. The molecule has 0 aliphatic heterocycles. The highest BCUT2D eigenvalue weighted by Gasteiger charge is 2.21. The summed E-state index contributed by atoms with van der Waals surface area (Å²) in [4.78, 5) is 4.13. The third-order valence-electron chi connectivity index (χ3n) is 2.12. The second-order valence-corrected chi connectivity index (χ2v) is 7.79. The molecule has 8 heteroatoms. The van der Waals surface area contributed by atoms with Gasteiger partial charge in [-0.1, -0.05) is 11.8 Å². The van der Waals surface area contributed by atoms with Crippen molar-refractivity contribution in [2.75, 3.05) is 14.1 Å². The smallest absolute Gasteiger partial charge is 0.275 e. The van der Waals surface area contributed by atoms with Gasteiger partial charge in [0, 0.05) is 25.7 Å². The molecule has 0 aliphatic carbocycles. The fraction of sp³-hybridized carbons (Fsp3) is 0.300. The van der Waals surface area contributed by atoms with Crippen LogP contribution in [0.2, 0.25) is 0 Å². The minimum absolute atomic E-state index is 0.0257. The van der Waals surface area contributed by atoms with E-state index < -0.39 is 10.0 Å². The van der Waals surface area contributed by atoms with Gasteiger partial charge in [0.05, 0.1) is 5.75 Å². The molecule has 0 saturated heterocycles. The van der Waals surface area contributed by atoms with Gasteiger partial charge in [0.1, 0.15) is 10.1 Å². The molecule has 98 valence electrons. The van der Waals surface area contributed by atoms with Crippen molar-refractivity contribution in [1.82, 2.24) is 9.29 Å². The minimum Gasteiger partial charge on any atom is -0.447 e. The zero-order valence-electron chi connectivity index (χ0n) is 9.86. The van der Waals surface area contributed by atoms with E-state index in [2.05, 4.69) is 4.98 Å². The molecule has 2 heterocycles. The first-order valence-corrected chi connectivity index (χ1v) is 8.34. The number of thiazole rings is 1. The summed E-state index contributed by atoms with van der Waals surface area (Å²) in [5.41, 5.74) is 0. The Morgan fingerprint density at radius 3 is 2.83 bits per heavy atom. The molecule has 0 saturated carbocycles. The van der Waals surface area contributed by atoms with Crippen molar-refractivity contribution in [3.63, 3.8) is 0 Å². The zero-order valence-corrected chi connectivity index (χ0v) is 12.3. The van der Waals surface area contributed by atoms with Gasteiger partial charge in [0.25, 0.3) is 10.0 Å². The van der Waals surface area contributed by atoms with Crippen molar-refractivity contribution in [2.45, 2.75) is 15.2 Å². The number of hydrogen-bond acceptors (Lipinski definition) is 6. The lowest BCUT2D eigenvalue weighted by Gasteiger charge is -2.07. The Bertz CT molecular complexity index is 602. The van der Waals surface area contributed by atoms with E-state index in [9.17, 15) is 8.42 Å². The Morgan fingerprint density at radius 1 is 1.44 bits per heavy atom. The van der Waals surface area contributed by atoms with Crippen LogP contribution in [0.4, 0.5) is 0 Å². The van der Waals surface area contributed by atoms with Crippen molar-refractivity contribution < 1.29 is 12.8 Å². The van der Waals surface area contributed by atoms with Crippen LogP contribution in [0, 0.1) is 0 Å². The molecule has 0 aromatic carbocycles. The normalized spacial score (nSPS) is 12.2. The largest absolute Gasteiger partial charge is 0.447 e. The molecule has 5 nitrogen and oxygen atoms in total. The van der Waals surface area contributed by atoms with Gasteiger partial charge in [-0.15, -0.1) is 11.3 Å². The van der Waals surface area contributed by atoms with E-state index in [1.54, 1.807) is 23.6 Å². The maximum absolute atomic E-state index is 11.8. The summed E-state index contributed by atoms with van der Waals surface area (Å²) >= 11 is 3.06. The standard InChI is InChI=1S/C10H12N2O3S3/c1-12(2)18(13,14)9-4-3-8(15-9)7-17-10-11-5-6-16-10/h3-6H,7H2,1-2H3. The topological polar surface area (TPSA) is 63.4 Å². The lowest BCUT2D eigenvalue weighted by molar-refractivity contribution is 0.408. The van der Waals surface area contributed by atoms with Crippen molar-refractivity contribution in [3.05, 3.63) is 29.5 Å². The van der Waals surface area contributed by atoms with Gasteiger partial charge in [-0.05, 0) is 12.1 Å². The molecular formula is C10H12N2O3S3. The Kier molecular flexibility index (Phi) is 4.10. The average molecular weight is 304 g/mol. The quantitative estimate of drug-likeness (QED) is 0.793. The van der Waals surface area contributed by atoms with Crippen molar-refractivity contribution in [1.29, 1.82) is 0 Å². The number of aromatic nitrogens is 1. The Balaban J connectivity index is 2.07. The lowest BCUT2D eigenvalue weighted by Crippen LogP contribution is -2.21. The first-order chi connectivity index (χ1) is 8.50. The highest BCUT2D eigenvalue weighted by atomic mass is 32.2. The molecule has 0 radical (unpaired) electrons. The summed E-state index contributed by atoms with van der Waals surface area (Å²) in [6.07, 6.45) is 1.73. The van der Waals surface area contributed by atoms with Crippen LogP contribution in [0.1, 0.15) is 5.76 Å². The summed E-state index contributed by atoms with van der Waals surface area (Å²) < 4.78 is 31.0. The molecule has 0 unspecified atom stereocenters. The predicted molar refractivity (Wildman–Crippen MR) is 71.3 cm³/mol. The maximum Gasteiger partial charge on any atom is 0.275 e. The number of nitrogens with zero attached hydrogens (tertiary/aromatic N) is 2. The molecule has 0 spiro atoms. The molecule has 2 aromatic heterocycles. The van der Waals surface area contributed by atoms with Crippen molar-refractivity contribution in [3.8, 4) is 0 Å². The first kappa shape index (κ1) is 13.6. The molecule has 0 aliphatic rings. The highest BCUT2D eigenvalue weighted by Crippen LogP contribution is 2.26. The van der Waals surface area contributed by atoms with E-state index in [4.69, 9.17) is 4.42 Å². The molecule has 0 fully saturated rings. The van der Waals surface area contributed by atoms with E-state index in [0.29, 0.717) is 11.5 Å². The molecule has 2 rings (SSSR count). The van der Waals surface area contributed by atoms with Crippen LogP contribution in [0.5, 0.6) is 0 Å². The molecule has 0 amide bonds. The number of furan rings is 1. The summed E-state index contributed by atoms with van der Waals surface area (Å²) in [7, 11) is -0.536. The van der Waals surface area contributed by atoms with Gasteiger partial charge in [-0.3, -0.25) is 0 Å². The van der Waals surface area contributed by atoms with Crippen LogP contribution >= 0.6 is 23.1 Å². The van der Waals surface area contributed by atoms with Gasteiger partial charge < -0.3 is 4.42 Å². The van der Waals surface area contributed by atoms with E-state index in [-0.39, 0.29) is 5.09 Å². The van der Waals surface area contributed by atoms with Gasteiger partial charge in [-0.2, -0.15) is 0 Å². The zero-order chi connectivity index (χ0) is 13.2. The van der Waals surface area contributed by atoms with Crippen molar-refractivity contribution >= 4 is 33.1 Å². The van der Waals surface area contributed by atoms with Crippen LogP contribution in [0.25, 0.3) is 0 Å². The molecule has 2 aromatic rings. The number of hydrogen-bond donors (Lipinski definition) is 0. The van der Waals surface area contributed by atoms with E-state index in [0.717, 1.165) is 8.64 Å². The third-order valence-corrected chi connectivity index (χ3v) is 5.80. The summed E-state index contributed by atoms with van der Waals surface area (Å²) in [5.74, 6) is 1.19. The van der Waals surface area contributed by atoms with E-state index >= 15 is 0 Å². The third kappa shape index (κ3) is 2.94. The Hall–Kier alpha value is -0.830. The molecular weight excluding hydrogens is 292 g/mol. The van der Waals surface area contributed by atoms with E-state index in [1.807, 2.05) is 5.38 Å². The van der Waals surface area contributed by atoms with Gasteiger partial charge in [0.15, 0.2) is 0 Å². The number of thioether (sulfide) groups is 1. The number of sulfonamides is 1. The van der Waals surface area contributed by atoms with Gasteiger partial charge in [0.2, 0.25) is 5.09 Å². The SMILES string of the molecule is CN(C)S(=O)(=O)c1ccc(CSc2nccs2)o1. The van der Waals surface area contributed by atoms with Crippen LogP contribution in [-0.2, 0) is 15.8 Å². The summed E-state index contributed by atoms with van der Waals surface area (Å²) in [6, 6.07) is 3.16. The first-order valence-electron chi connectivity index (χ1n) is 5.03. The fourth-order valence-electron chi connectivity index (χ4n) is 1.17. The van der Waals surface area contributed by atoms with Gasteiger partial charge >= 0.3 is 0 Å². The second-order valence-electron chi connectivity index (χ2n) is 3.59. The van der Waals surface area contributed by atoms with Crippen LogP contribution < -0.4 is 0 Å².